The van der Waals surface area contributed by atoms with Gasteiger partial charge in [-0.3, -0.25) is 9.78 Å². The number of hydrogen-bond donors (Lipinski definition) is 0. The van der Waals surface area contributed by atoms with Crippen molar-refractivity contribution in [3.8, 4) is 5.69 Å². The first kappa shape index (κ1) is 12.7. The SMILES string of the molecule is O=C1CC(n2nnn(-c3cccnc3)c2=S)C2COC1O2. The zero-order valence-electron chi connectivity index (χ0n) is 10.8. The van der Waals surface area contributed by atoms with Crippen LogP contribution in [0.4, 0.5) is 0 Å². The van der Waals surface area contributed by atoms with E-state index in [2.05, 4.69) is 15.4 Å². The molecule has 2 aromatic heterocycles. The zero-order chi connectivity index (χ0) is 14.4. The number of nitrogens with zero attached hydrogens (tertiary/aromatic N) is 5. The van der Waals surface area contributed by atoms with Crippen molar-refractivity contribution in [3.63, 3.8) is 0 Å². The number of tetrazole rings is 1. The summed E-state index contributed by atoms with van der Waals surface area (Å²) in [6, 6.07) is 3.34. The summed E-state index contributed by atoms with van der Waals surface area (Å²) in [5.74, 6) is -0.0911. The molecule has 0 saturated carbocycles. The van der Waals surface area contributed by atoms with E-state index in [-0.39, 0.29) is 24.3 Å². The number of hydrogen-bond acceptors (Lipinski definition) is 7. The summed E-state index contributed by atoms with van der Waals surface area (Å²) in [7, 11) is 0. The van der Waals surface area contributed by atoms with Crippen LogP contribution in [0.15, 0.2) is 24.5 Å². The number of ether oxygens (including phenoxy) is 2. The van der Waals surface area contributed by atoms with Crippen LogP contribution < -0.4 is 0 Å². The molecular formula is C12H11N5O3S. The predicted molar refractivity (Wildman–Crippen MR) is 71.3 cm³/mol. The van der Waals surface area contributed by atoms with E-state index in [4.69, 9.17) is 21.7 Å². The maximum atomic E-state index is 11.9. The highest BCUT2D eigenvalue weighted by atomic mass is 32.1. The maximum absolute atomic E-state index is 11.9. The lowest BCUT2D eigenvalue weighted by Crippen LogP contribution is -2.37. The van der Waals surface area contributed by atoms with E-state index in [0.717, 1.165) is 5.69 Å². The molecule has 3 unspecified atom stereocenters. The average molecular weight is 305 g/mol. The van der Waals surface area contributed by atoms with Crippen LogP contribution in [-0.2, 0) is 14.3 Å². The van der Waals surface area contributed by atoms with Gasteiger partial charge in [0.25, 0.3) is 0 Å². The highest BCUT2D eigenvalue weighted by molar-refractivity contribution is 7.71. The van der Waals surface area contributed by atoms with Crippen LogP contribution in [0.2, 0.25) is 0 Å². The Balaban J connectivity index is 1.72. The first-order valence-electron chi connectivity index (χ1n) is 6.49. The Labute approximate surface area is 124 Å². The van der Waals surface area contributed by atoms with Crippen LogP contribution in [0.1, 0.15) is 12.5 Å². The van der Waals surface area contributed by atoms with Crippen LogP contribution >= 0.6 is 12.2 Å². The topological polar surface area (TPSA) is 84.1 Å². The van der Waals surface area contributed by atoms with Gasteiger partial charge in [0.05, 0.1) is 24.5 Å². The maximum Gasteiger partial charge on any atom is 0.221 e. The monoisotopic (exact) mass is 305 g/mol. The molecule has 2 aliphatic rings. The number of pyridine rings is 1. The van der Waals surface area contributed by atoms with Crippen molar-refractivity contribution in [2.45, 2.75) is 24.9 Å². The van der Waals surface area contributed by atoms with E-state index < -0.39 is 6.29 Å². The molecule has 0 amide bonds. The standard InChI is InChI=1S/C12H11N5O3S/c18-9-4-8(10-6-19-11(9)20-10)17-12(21)16(14-15-17)7-2-1-3-13-5-7/h1-3,5,8,10-11H,4,6H2. The molecule has 8 nitrogen and oxygen atoms in total. The summed E-state index contributed by atoms with van der Waals surface area (Å²) in [6.45, 7) is 0.364. The molecule has 0 radical (unpaired) electrons. The minimum Gasteiger partial charge on any atom is -0.343 e. The van der Waals surface area contributed by atoms with Crippen LogP contribution in [-0.4, -0.2) is 49.6 Å². The lowest BCUT2D eigenvalue weighted by Gasteiger charge is -2.25. The van der Waals surface area contributed by atoms with Gasteiger partial charge < -0.3 is 9.47 Å². The minimum atomic E-state index is -0.728. The quantitative estimate of drug-likeness (QED) is 0.745. The van der Waals surface area contributed by atoms with Crippen LogP contribution in [0, 0.1) is 4.77 Å². The summed E-state index contributed by atoms with van der Waals surface area (Å²) in [4.78, 5) is 15.9. The summed E-state index contributed by atoms with van der Waals surface area (Å²) in [6.07, 6.45) is 2.65. The van der Waals surface area contributed by atoms with E-state index in [1.54, 1.807) is 23.1 Å². The second-order valence-electron chi connectivity index (χ2n) is 4.91. The molecule has 4 rings (SSSR count). The third-order valence-corrected chi connectivity index (χ3v) is 3.98. The minimum absolute atomic E-state index is 0.0911. The molecule has 2 fully saturated rings. The fourth-order valence-electron chi connectivity index (χ4n) is 2.57. The second kappa shape index (κ2) is 4.79. The van der Waals surface area contributed by atoms with Gasteiger partial charge in [0.1, 0.15) is 6.10 Å². The van der Waals surface area contributed by atoms with E-state index in [9.17, 15) is 4.79 Å². The van der Waals surface area contributed by atoms with Crippen LogP contribution in [0.5, 0.6) is 0 Å². The van der Waals surface area contributed by atoms with Crippen molar-refractivity contribution in [2.24, 2.45) is 0 Å². The zero-order valence-corrected chi connectivity index (χ0v) is 11.6. The number of carbonyl (C=O) groups excluding carboxylic acids is 1. The highest BCUT2D eigenvalue weighted by Crippen LogP contribution is 2.32. The molecular weight excluding hydrogens is 294 g/mol. The fraction of sp³-hybridized carbons (Fsp3) is 0.417. The van der Waals surface area contributed by atoms with Gasteiger partial charge in [-0.2, -0.15) is 4.68 Å². The first-order chi connectivity index (χ1) is 10.2. The lowest BCUT2D eigenvalue weighted by atomic mass is 10.0. The third kappa shape index (κ3) is 2.01. The summed E-state index contributed by atoms with van der Waals surface area (Å²) < 4.78 is 14.3. The largest absolute Gasteiger partial charge is 0.343 e. The average Bonchev–Trinajstić information content (AvgIpc) is 3.10. The molecule has 2 bridgehead atoms. The molecule has 21 heavy (non-hydrogen) atoms. The van der Waals surface area contributed by atoms with Gasteiger partial charge in [-0.1, -0.05) is 0 Å². The number of aromatic nitrogens is 5. The van der Waals surface area contributed by atoms with Crippen LogP contribution in [0.3, 0.4) is 0 Å². The van der Waals surface area contributed by atoms with Crippen LogP contribution in [0.25, 0.3) is 5.69 Å². The highest BCUT2D eigenvalue weighted by Gasteiger charge is 2.45. The summed E-state index contributed by atoms with van der Waals surface area (Å²) >= 11 is 5.41. The van der Waals surface area contributed by atoms with Gasteiger partial charge in [0.15, 0.2) is 5.78 Å². The van der Waals surface area contributed by atoms with E-state index in [1.807, 2.05) is 6.07 Å². The van der Waals surface area contributed by atoms with Gasteiger partial charge in [-0.25, -0.2) is 4.68 Å². The molecule has 108 valence electrons. The predicted octanol–water partition coefficient (Wildman–Crippen LogP) is 0.449. The smallest absolute Gasteiger partial charge is 0.221 e. The summed E-state index contributed by atoms with van der Waals surface area (Å²) in [5, 5.41) is 8.12. The Morgan fingerprint density at radius 1 is 1.38 bits per heavy atom. The lowest BCUT2D eigenvalue weighted by molar-refractivity contribution is -0.156. The molecule has 0 N–H and O–H groups in total. The van der Waals surface area contributed by atoms with E-state index >= 15 is 0 Å². The van der Waals surface area contributed by atoms with Crippen molar-refractivity contribution < 1.29 is 14.3 Å². The normalized spacial score (nSPS) is 28.0. The fourth-order valence-corrected chi connectivity index (χ4v) is 2.89. The molecule has 3 atom stereocenters. The Bertz CT molecular complexity index is 743. The third-order valence-electron chi connectivity index (χ3n) is 3.62. The Kier molecular flexibility index (Phi) is 2.91. The Morgan fingerprint density at radius 3 is 3.10 bits per heavy atom. The van der Waals surface area contributed by atoms with Crippen molar-refractivity contribution in [1.82, 2.24) is 24.8 Å². The van der Waals surface area contributed by atoms with Crippen molar-refractivity contribution in [3.05, 3.63) is 29.3 Å². The summed E-state index contributed by atoms with van der Waals surface area (Å²) in [5.41, 5.74) is 0.720. The van der Waals surface area contributed by atoms with Crippen molar-refractivity contribution in [2.75, 3.05) is 6.61 Å². The van der Waals surface area contributed by atoms with E-state index in [1.165, 1.54) is 4.68 Å². The molecule has 0 aliphatic carbocycles. The molecule has 9 heteroatoms. The van der Waals surface area contributed by atoms with E-state index in [0.29, 0.717) is 11.4 Å². The Hall–Kier alpha value is -1.97. The van der Waals surface area contributed by atoms with Gasteiger partial charge in [-0.15, -0.1) is 0 Å². The Morgan fingerprint density at radius 2 is 2.29 bits per heavy atom. The van der Waals surface area contributed by atoms with Gasteiger partial charge >= 0.3 is 0 Å². The molecule has 2 aliphatic heterocycles. The van der Waals surface area contributed by atoms with Gasteiger partial charge in [-0.05, 0) is 34.8 Å². The number of fused-ring (bicyclic) bond motifs is 2. The van der Waals surface area contributed by atoms with Gasteiger partial charge in [0.2, 0.25) is 11.1 Å². The van der Waals surface area contributed by atoms with Crippen molar-refractivity contribution in [1.29, 1.82) is 0 Å². The first-order valence-corrected chi connectivity index (χ1v) is 6.89. The van der Waals surface area contributed by atoms with Crippen molar-refractivity contribution >= 4 is 18.0 Å². The second-order valence-corrected chi connectivity index (χ2v) is 5.27. The molecule has 0 aromatic carbocycles. The molecule has 2 saturated heterocycles. The number of ketones is 1. The molecule has 0 spiro atoms. The molecule has 2 aromatic rings. The van der Waals surface area contributed by atoms with Gasteiger partial charge in [0, 0.05) is 12.6 Å². The number of rotatable bonds is 2. The molecule has 4 heterocycles. The number of carbonyl (C=O) groups is 1. The number of Topliss-reactive ketones (excluding diaryl/α,β-unsaturated/α-hetero) is 1.